The normalized spacial score (nSPS) is 12.1. The quantitative estimate of drug-likeness (QED) is 0.580. The molecule has 0 aliphatic rings. The smallest absolute Gasteiger partial charge is 0.317 e. The molecule has 0 spiro atoms. The maximum absolute atomic E-state index is 10.3. The molecule has 5 heteroatoms. The second-order valence-corrected chi connectivity index (χ2v) is 2.88. The molecule has 0 aliphatic carbocycles. The van der Waals surface area contributed by atoms with Crippen LogP contribution in [0.2, 0.25) is 0 Å². The molecule has 0 radical (unpaired) electrons. The molecule has 1 atom stereocenters. The van der Waals surface area contributed by atoms with Crippen molar-refractivity contribution < 1.29 is 19.7 Å². The summed E-state index contributed by atoms with van der Waals surface area (Å²) < 4.78 is 5.29. The van der Waals surface area contributed by atoms with Gasteiger partial charge in [0, 0.05) is 0 Å². The number of para-hydroxylation sites is 1. The van der Waals surface area contributed by atoms with Crippen LogP contribution in [-0.4, -0.2) is 35.6 Å². The van der Waals surface area contributed by atoms with Crippen LogP contribution in [-0.2, 0) is 4.79 Å². The molecule has 0 aliphatic heterocycles. The van der Waals surface area contributed by atoms with E-state index in [-0.39, 0.29) is 13.2 Å². The lowest BCUT2D eigenvalue weighted by Crippen LogP contribution is -2.40. The number of aliphatic carboxylic acids is 1. The lowest BCUT2D eigenvalue weighted by atomic mass is 10.3. The van der Waals surface area contributed by atoms with Gasteiger partial charge in [0.2, 0.25) is 0 Å². The molecule has 0 saturated heterocycles. The van der Waals surface area contributed by atoms with Gasteiger partial charge in [-0.15, -0.1) is 0 Å². The second-order valence-electron chi connectivity index (χ2n) is 2.88. The Labute approximate surface area is 87.3 Å². The molecular formula is C10H13NO4. The van der Waals surface area contributed by atoms with E-state index >= 15 is 0 Å². The predicted octanol–water partition coefficient (Wildman–Crippen LogP) is 0.0580. The predicted molar refractivity (Wildman–Crippen MR) is 53.6 cm³/mol. The van der Waals surface area contributed by atoms with Crippen LogP contribution in [0, 0.1) is 0 Å². The van der Waals surface area contributed by atoms with Crippen molar-refractivity contribution in [3.05, 3.63) is 30.3 Å². The zero-order chi connectivity index (χ0) is 11.1. The first-order valence-corrected chi connectivity index (χ1v) is 4.50. The molecule has 1 unspecified atom stereocenters. The number of hydrogen-bond donors (Lipinski definition) is 3. The Morgan fingerprint density at radius 1 is 1.40 bits per heavy atom. The van der Waals surface area contributed by atoms with Crippen LogP contribution in [0.25, 0.3) is 0 Å². The summed E-state index contributed by atoms with van der Waals surface area (Å²) in [6, 6.07) is 8.88. The third kappa shape index (κ3) is 4.44. The number of nitrogens with one attached hydrogen (secondary N) is 1. The molecule has 3 N–H and O–H groups in total. The number of hydrogen-bond acceptors (Lipinski definition) is 4. The van der Waals surface area contributed by atoms with Gasteiger partial charge in [0.25, 0.3) is 0 Å². The van der Waals surface area contributed by atoms with Gasteiger partial charge < -0.3 is 14.9 Å². The summed E-state index contributed by atoms with van der Waals surface area (Å²) in [7, 11) is 0. The van der Waals surface area contributed by atoms with Gasteiger partial charge in [0.15, 0.2) is 6.23 Å². The Bertz CT molecular complexity index is 302. The first kappa shape index (κ1) is 11.5. The summed E-state index contributed by atoms with van der Waals surface area (Å²) in [4.78, 5) is 10.3. The van der Waals surface area contributed by atoms with E-state index in [1.165, 1.54) is 0 Å². The number of ether oxygens (including phenoxy) is 1. The number of carboxylic acid groups (broad SMARTS) is 1. The highest BCUT2D eigenvalue weighted by Crippen LogP contribution is 2.09. The van der Waals surface area contributed by atoms with E-state index in [4.69, 9.17) is 14.9 Å². The van der Waals surface area contributed by atoms with Gasteiger partial charge >= 0.3 is 5.97 Å². The molecule has 1 aromatic rings. The molecule has 0 aromatic heterocycles. The van der Waals surface area contributed by atoms with Crippen LogP contribution < -0.4 is 10.1 Å². The first-order valence-electron chi connectivity index (χ1n) is 4.50. The number of aliphatic hydroxyl groups excluding tert-OH is 1. The summed E-state index contributed by atoms with van der Waals surface area (Å²) in [6.07, 6.45) is -0.705. The van der Waals surface area contributed by atoms with E-state index in [0.29, 0.717) is 5.75 Å². The van der Waals surface area contributed by atoms with E-state index in [1.54, 1.807) is 24.3 Å². The van der Waals surface area contributed by atoms with Crippen LogP contribution in [0.3, 0.4) is 0 Å². The highest BCUT2D eigenvalue weighted by atomic mass is 16.5. The van der Waals surface area contributed by atoms with Gasteiger partial charge in [-0.25, -0.2) is 0 Å². The van der Waals surface area contributed by atoms with Gasteiger partial charge in [-0.3, -0.25) is 10.1 Å². The minimum atomic E-state index is -0.995. The molecule has 0 fully saturated rings. The molecular weight excluding hydrogens is 198 g/mol. The number of aliphatic hydroxyl groups is 1. The summed E-state index contributed by atoms with van der Waals surface area (Å²) in [5, 5.41) is 19.9. The van der Waals surface area contributed by atoms with Crippen LogP contribution in [0.5, 0.6) is 5.75 Å². The van der Waals surface area contributed by atoms with Crippen molar-refractivity contribution in [3.63, 3.8) is 0 Å². The summed E-state index contributed by atoms with van der Waals surface area (Å²) in [5.74, 6) is -0.417. The molecule has 5 nitrogen and oxygen atoms in total. The largest absolute Gasteiger partial charge is 0.480 e. The second kappa shape index (κ2) is 6.00. The van der Waals surface area contributed by atoms with E-state index in [2.05, 4.69) is 5.32 Å². The third-order valence-corrected chi connectivity index (χ3v) is 1.67. The van der Waals surface area contributed by atoms with Gasteiger partial charge in [-0.05, 0) is 12.1 Å². The minimum Gasteiger partial charge on any atom is -0.480 e. The van der Waals surface area contributed by atoms with Crippen molar-refractivity contribution in [2.24, 2.45) is 0 Å². The van der Waals surface area contributed by atoms with Crippen LogP contribution in [0.4, 0.5) is 0 Å². The summed E-state index contributed by atoms with van der Waals surface area (Å²) >= 11 is 0. The zero-order valence-corrected chi connectivity index (χ0v) is 8.09. The Morgan fingerprint density at radius 2 is 2.07 bits per heavy atom. The SMILES string of the molecule is O=C(O)CNC(CO)Oc1ccccc1. The molecule has 82 valence electrons. The van der Waals surface area contributed by atoms with Gasteiger partial charge in [-0.2, -0.15) is 0 Å². The Hall–Kier alpha value is -1.59. The molecule has 1 rings (SSSR count). The molecule has 0 amide bonds. The maximum Gasteiger partial charge on any atom is 0.317 e. The molecule has 0 bridgehead atoms. The zero-order valence-electron chi connectivity index (χ0n) is 8.09. The fourth-order valence-corrected chi connectivity index (χ4v) is 1.01. The highest BCUT2D eigenvalue weighted by molar-refractivity contribution is 5.69. The number of carboxylic acids is 1. The lowest BCUT2D eigenvalue weighted by molar-refractivity contribution is -0.136. The van der Waals surface area contributed by atoms with Crippen LogP contribution in [0.15, 0.2) is 30.3 Å². The Balaban J connectivity index is 2.43. The van der Waals surface area contributed by atoms with Crippen molar-refractivity contribution in [2.75, 3.05) is 13.2 Å². The van der Waals surface area contributed by atoms with Crippen molar-refractivity contribution >= 4 is 5.97 Å². The molecule has 0 heterocycles. The monoisotopic (exact) mass is 211 g/mol. The Kier molecular flexibility index (Phi) is 4.59. The maximum atomic E-state index is 10.3. The minimum absolute atomic E-state index is 0.252. The molecule has 0 saturated carbocycles. The summed E-state index contributed by atoms with van der Waals surface area (Å²) in [5.41, 5.74) is 0. The van der Waals surface area contributed by atoms with Crippen molar-refractivity contribution in [2.45, 2.75) is 6.23 Å². The van der Waals surface area contributed by atoms with Crippen molar-refractivity contribution in [1.29, 1.82) is 0 Å². The fraction of sp³-hybridized carbons (Fsp3) is 0.300. The Morgan fingerprint density at radius 3 is 2.60 bits per heavy atom. The van der Waals surface area contributed by atoms with E-state index in [0.717, 1.165) is 0 Å². The van der Waals surface area contributed by atoms with Gasteiger partial charge in [0.05, 0.1) is 13.2 Å². The molecule has 15 heavy (non-hydrogen) atoms. The highest BCUT2D eigenvalue weighted by Gasteiger charge is 2.09. The van der Waals surface area contributed by atoms with Crippen LogP contribution in [0.1, 0.15) is 0 Å². The van der Waals surface area contributed by atoms with E-state index < -0.39 is 12.2 Å². The van der Waals surface area contributed by atoms with E-state index in [1.807, 2.05) is 6.07 Å². The average molecular weight is 211 g/mol. The number of rotatable bonds is 6. The lowest BCUT2D eigenvalue weighted by Gasteiger charge is -2.16. The summed E-state index contributed by atoms with van der Waals surface area (Å²) in [6.45, 7) is -0.541. The van der Waals surface area contributed by atoms with Crippen molar-refractivity contribution in [3.8, 4) is 5.75 Å². The van der Waals surface area contributed by atoms with Gasteiger partial charge in [-0.1, -0.05) is 18.2 Å². The topological polar surface area (TPSA) is 78.8 Å². The number of benzene rings is 1. The molecule has 1 aromatic carbocycles. The van der Waals surface area contributed by atoms with Crippen molar-refractivity contribution in [1.82, 2.24) is 5.32 Å². The number of carbonyl (C=O) groups is 1. The fourth-order valence-electron chi connectivity index (χ4n) is 1.01. The average Bonchev–Trinajstić information content (AvgIpc) is 2.25. The van der Waals surface area contributed by atoms with Gasteiger partial charge in [0.1, 0.15) is 5.75 Å². The first-order chi connectivity index (χ1) is 7.22. The third-order valence-electron chi connectivity index (χ3n) is 1.67. The van der Waals surface area contributed by atoms with Crippen LogP contribution >= 0.6 is 0 Å². The van der Waals surface area contributed by atoms with E-state index in [9.17, 15) is 4.79 Å². The standard InChI is InChI=1S/C10H13NO4/c12-7-9(11-6-10(13)14)15-8-4-2-1-3-5-8/h1-5,9,11-12H,6-7H2,(H,13,14).